The Morgan fingerprint density at radius 3 is 2.59 bits per heavy atom. The van der Waals surface area contributed by atoms with Crippen LogP contribution in [-0.2, 0) is 19.9 Å². The molecule has 3 rings (SSSR count). The van der Waals surface area contributed by atoms with Gasteiger partial charge in [-0.25, -0.2) is 9.78 Å². The van der Waals surface area contributed by atoms with Crippen LogP contribution in [0.5, 0.6) is 0 Å². The third-order valence-corrected chi connectivity index (χ3v) is 5.76. The Hall–Kier alpha value is -2.44. The van der Waals surface area contributed by atoms with E-state index in [0.29, 0.717) is 23.4 Å². The summed E-state index contributed by atoms with van der Waals surface area (Å²) in [5.41, 5.74) is -0.392. The Morgan fingerprint density at radius 1 is 1.17 bits per heavy atom. The lowest BCUT2D eigenvalue weighted by Gasteiger charge is -2.43. The molecule has 1 aliphatic carbocycles. The number of likely N-dealkylation sites (N-methyl/N-ethyl adjacent to an activating group) is 1. The molecule has 152 valence electrons. The van der Waals surface area contributed by atoms with Gasteiger partial charge in [0.05, 0.1) is 5.56 Å². The van der Waals surface area contributed by atoms with Crippen LogP contribution >= 0.6 is 23.2 Å². The number of halogens is 2. The van der Waals surface area contributed by atoms with Gasteiger partial charge in [-0.3, -0.25) is 9.59 Å². The van der Waals surface area contributed by atoms with E-state index in [0.717, 1.165) is 12.8 Å². The van der Waals surface area contributed by atoms with Crippen LogP contribution in [0.2, 0.25) is 10.2 Å². The number of carbonyl (C=O) groups is 3. The molecule has 1 saturated carbocycles. The second-order valence-electron chi connectivity index (χ2n) is 6.87. The minimum atomic E-state index is -1.16. The quantitative estimate of drug-likeness (QED) is 0.524. The highest BCUT2D eigenvalue weighted by Gasteiger charge is 2.48. The van der Waals surface area contributed by atoms with Gasteiger partial charge in [0, 0.05) is 30.3 Å². The Kier molecular flexibility index (Phi) is 6.55. The van der Waals surface area contributed by atoms with Gasteiger partial charge in [0.25, 0.3) is 5.91 Å². The number of ketones is 1. The Labute approximate surface area is 178 Å². The van der Waals surface area contributed by atoms with Crippen LogP contribution < -0.4 is 0 Å². The number of amides is 1. The Balaban J connectivity index is 1.81. The van der Waals surface area contributed by atoms with E-state index in [-0.39, 0.29) is 16.5 Å². The first-order valence-electron chi connectivity index (χ1n) is 9.20. The second-order valence-corrected chi connectivity index (χ2v) is 7.66. The largest absolute Gasteiger partial charge is 0.452 e. The topological polar surface area (TPSA) is 76.6 Å². The molecule has 0 bridgehead atoms. The summed E-state index contributed by atoms with van der Waals surface area (Å²) in [7, 11) is 1.55. The average molecular weight is 435 g/mol. The number of Topliss-reactive ketones (excluding diaryl/α,β-unsaturated/α-hetero) is 1. The number of rotatable bonds is 5. The smallest absolute Gasteiger partial charge is 0.340 e. The molecule has 0 saturated heterocycles. The fourth-order valence-electron chi connectivity index (χ4n) is 3.65. The predicted octanol–water partition coefficient (Wildman–Crippen LogP) is 4.04. The van der Waals surface area contributed by atoms with Gasteiger partial charge in [-0.1, -0.05) is 41.4 Å². The zero-order chi connectivity index (χ0) is 21.0. The minimum Gasteiger partial charge on any atom is -0.452 e. The van der Waals surface area contributed by atoms with Crippen LogP contribution in [0.1, 0.15) is 41.6 Å². The molecule has 2 aromatic rings. The number of pyridine rings is 1. The molecular weight excluding hydrogens is 415 g/mol. The first-order valence-corrected chi connectivity index (χ1v) is 9.95. The molecule has 1 aliphatic rings. The lowest BCUT2D eigenvalue weighted by atomic mass is 9.74. The van der Waals surface area contributed by atoms with Crippen LogP contribution in [0.25, 0.3) is 0 Å². The van der Waals surface area contributed by atoms with Gasteiger partial charge < -0.3 is 9.64 Å². The maximum absolute atomic E-state index is 13.0. The summed E-state index contributed by atoms with van der Waals surface area (Å²) < 4.78 is 5.13. The van der Waals surface area contributed by atoms with Crippen molar-refractivity contribution >= 4 is 40.9 Å². The van der Waals surface area contributed by atoms with Crippen molar-refractivity contribution in [2.45, 2.75) is 31.2 Å². The summed E-state index contributed by atoms with van der Waals surface area (Å²) in [6, 6.07) is 9.95. The van der Waals surface area contributed by atoms with Crippen molar-refractivity contribution in [3.8, 4) is 0 Å². The summed E-state index contributed by atoms with van der Waals surface area (Å²) in [4.78, 5) is 43.3. The zero-order valence-corrected chi connectivity index (χ0v) is 17.4. The van der Waals surface area contributed by atoms with Crippen LogP contribution in [0, 0.1) is 0 Å². The van der Waals surface area contributed by atoms with E-state index in [2.05, 4.69) is 4.98 Å². The first kappa shape index (κ1) is 21.3. The third-order valence-electron chi connectivity index (χ3n) is 5.21. The highest BCUT2D eigenvalue weighted by Crippen LogP contribution is 2.42. The summed E-state index contributed by atoms with van der Waals surface area (Å²) in [6.07, 6.45) is 3.65. The normalized spacial score (nSPS) is 18.9. The van der Waals surface area contributed by atoms with E-state index in [1.807, 2.05) is 0 Å². The number of hydrogen-bond acceptors (Lipinski definition) is 5. The molecule has 6 nitrogen and oxygen atoms in total. The maximum Gasteiger partial charge on any atom is 0.340 e. The molecule has 1 heterocycles. The highest BCUT2D eigenvalue weighted by atomic mass is 35.5. The summed E-state index contributed by atoms with van der Waals surface area (Å²) >= 11 is 12.1. The monoisotopic (exact) mass is 434 g/mol. The van der Waals surface area contributed by atoms with E-state index in [9.17, 15) is 14.4 Å². The predicted molar refractivity (Wildman–Crippen MR) is 109 cm³/mol. The number of aromatic nitrogens is 1. The number of esters is 1. The highest BCUT2D eigenvalue weighted by molar-refractivity contribution is 6.32. The van der Waals surface area contributed by atoms with Gasteiger partial charge in [0.1, 0.15) is 10.7 Å². The van der Waals surface area contributed by atoms with Crippen LogP contribution in [0.3, 0.4) is 0 Å². The molecule has 0 radical (unpaired) electrons. The third kappa shape index (κ3) is 4.28. The fraction of sp³-hybridized carbons (Fsp3) is 0.333. The Bertz CT molecular complexity index is 933. The molecule has 1 unspecified atom stereocenters. The first-order chi connectivity index (χ1) is 13.9. The summed E-state index contributed by atoms with van der Waals surface area (Å²) in [5.74, 6) is -1.26. The number of ether oxygens (including phenoxy) is 1. The van der Waals surface area contributed by atoms with Crippen molar-refractivity contribution in [3.05, 3.63) is 63.9 Å². The average Bonchev–Trinajstić information content (AvgIpc) is 2.73. The van der Waals surface area contributed by atoms with Crippen LogP contribution in [0.15, 0.2) is 42.6 Å². The summed E-state index contributed by atoms with van der Waals surface area (Å²) in [5, 5.41) is 0.668. The van der Waals surface area contributed by atoms with E-state index >= 15 is 0 Å². The van der Waals surface area contributed by atoms with Gasteiger partial charge in [-0.15, -0.1) is 0 Å². The van der Waals surface area contributed by atoms with Crippen molar-refractivity contribution in [2.75, 3.05) is 13.7 Å². The Morgan fingerprint density at radius 2 is 1.93 bits per heavy atom. The number of benzene rings is 1. The fourth-order valence-corrected chi connectivity index (χ4v) is 4.05. The number of nitrogens with zero attached hydrogens (tertiary/aromatic N) is 2. The minimum absolute atomic E-state index is 0.0686. The molecule has 1 aromatic heterocycles. The van der Waals surface area contributed by atoms with E-state index < -0.39 is 24.0 Å². The van der Waals surface area contributed by atoms with Crippen molar-refractivity contribution in [1.82, 2.24) is 9.88 Å². The van der Waals surface area contributed by atoms with Gasteiger partial charge in [0.2, 0.25) is 0 Å². The molecule has 0 N–H and O–H groups in total. The molecule has 1 atom stereocenters. The van der Waals surface area contributed by atoms with Crippen molar-refractivity contribution in [1.29, 1.82) is 0 Å². The van der Waals surface area contributed by atoms with Crippen LogP contribution in [-0.4, -0.2) is 41.2 Å². The molecule has 0 spiro atoms. The van der Waals surface area contributed by atoms with Gasteiger partial charge >= 0.3 is 5.97 Å². The molecule has 1 amide bonds. The molecule has 1 aromatic carbocycles. The zero-order valence-electron chi connectivity index (χ0n) is 15.9. The molecule has 1 fully saturated rings. The lowest BCUT2D eigenvalue weighted by molar-refractivity contribution is -0.150. The van der Waals surface area contributed by atoms with E-state index in [4.69, 9.17) is 27.9 Å². The lowest BCUT2D eigenvalue weighted by Crippen LogP contribution is -2.55. The van der Waals surface area contributed by atoms with Gasteiger partial charge in [-0.2, -0.15) is 0 Å². The summed E-state index contributed by atoms with van der Waals surface area (Å²) in [6.45, 7) is -0.503. The maximum atomic E-state index is 13.0. The molecule has 29 heavy (non-hydrogen) atoms. The van der Waals surface area contributed by atoms with Gasteiger partial charge in [-0.05, 0) is 37.5 Å². The molecular formula is C21H20Cl2N2O4. The number of hydrogen-bond donors (Lipinski definition) is 0. The SMILES string of the molecule is CN(C(=O)COC(=O)c1ccc(Cl)nc1)C1(c2ccccc2Cl)CCCCC1=O. The van der Waals surface area contributed by atoms with E-state index in [1.165, 1.54) is 23.2 Å². The van der Waals surface area contributed by atoms with Gasteiger partial charge in [0.15, 0.2) is 12.4 Å². The number of carbonyl (C=O) groups excluding carboxylic acids is 3. The van der Waals surface area contributed by atoms with E-state index in [1.54, 1.807) is 31.3 Å². The molecule has 8 heteroatoms. The van der Waals surface area contributed by atoms with Crippen molar-refractivity contribution in [2.24, 2.45) is 0 Å². The second kappa shape index (κ2) is 8.93. The standard InChI is InChI=1S/C21H20Cl2N2O4/c1-25(19(27)13-29-20(28)14-9-10-18(23)24-12-14)21(11-5-4-8-17(21)26)15-6-2-3-7-16(15)22/h2-3,6-7,9-10,12H,4-5,8,11,13H2,1H3. The van der Waals surface area contributed by atoms with Crippen molar-refractivity contribution < 1.29 is 19.1 Å². The molecule has 0 aliphatic heterocycles. The van der Waals surface area contributed by atoms with Crippen LogP contribution in [0.4, 0.5) is 0 Å². The van der Waals surface area contributed by atoms with Crippen molar-refractivity contribution in [3.63, 3.8) is 0 Å².